The number of rotatable bonds is 0. The van der Waals surface area contributed by atoms with Crippen molar-refractivity contribution in [1.29, 1.82) is 0 Å². The molecule has 0 aromatic heterocycles. The van der Waals surface area contributed by atoms with Gasteiger partial charge in [-0.2, -0.15) is 4.99 Å². The predicted molar refractivity (Wildman–Crippen MR) is 39.1 cm³/mol. The van der Waals surface area contributed by atoms with Crippen LogP contribution in [-0.4, -0.2) is 23.0 Å². The van der Waals surface area contributed by atoms with Crippen molar-refractivity contribution in [1.82, 2.24) is 0 Å². The van der Waals surface area contributed by atoms with E-state index in [1.165, 1.54) is 11.8 Å². The molecule has 0 atom stereocenters. The van der Waals surface area contributed by atoms with Gasteiger partial charge in [0.25, 0.3) is 5.91 Å². The van der Waals surface area contributed by atoms with Crippen molar-refractivity contribution in [3.05, 3.63) is 0 Å². The van der Waals surface area contributed by atoms with Crippen molar-refractivity contribution in [2.75, 3.05) is 6.26 Å². The molecular formula is C5H6N2OS. The minimum absolute atomic E-state index is 0.209. The summed E-state index contributed by atoms with van der Waals surface area (Å²) in [6, 6.07) is 0. The Morgan fingerprint density at radius 2 is 2.11 bits per heavy atom. The minimum Gasteiger partial charge on any atom is -0.265 e. The molecule has 0 saturated heterocycles. The average molecular weight is 142 g/mol. The summed E-state index contributed by atoms with van der Waals surface area (Å²) in [4.78, 5) is 18.1. The fraction of sp³-hybridized carbons (Fsp3) is 0.400. The maximum Gasteiger partial charge on any atom is 0.293 e. The highest BCUT2D eigenvalue weighted by molar-refractivity contribution is 8.13. The molecule has 3 nitrogen and oxygen atoms in total. The van der Waals surface area contributed by atoms with Gasteiger partial charge in [0.05, 0.1) is 0 Å². The second kappa shape index (κ2) is 2.31. The van der Waals surface area contributed by atoms with Gasteiger partial charge in [-0.1, -0.05) is 11.8 Å². The third-order valence-corrected chi connectivity index (χ3v) is 1.50. The summed E-state index contributed by atoms with van der Waals surface area (Å²) in [6.45, 7) is 1.66. The first kappa shape index (κ1) is 6.48. The summed E-state index contributed by atoms with van der Waals surface area (Å²) in [7, 11) is 0. The first-order valence-corrected chi connectivity index (χ1v) is 3.69. The van der Waals surface area contributed by atoms with Gasteiger partial charge < -0.3 is 0 Å². The van der Waals surface area contributed by atoms with E-state index in [1.807, 2.05) is 6.26 Å². The van der Waals surface area contributed by atoms with Crippen LogP contribution >= 0.6 is 11.8 Å². The molecule has 1 rings (SSSR count). The number of hydrogen-bond donors (Lipinski definition) is 0. The number of carbonyl (C=O) groups is 1. The largest absolute Gasteiger partial charge is 0.293 e. The Bertz CT molecular complexity index is 207. The zero-order valence-electron chi connectivity index (χ0n) is 5.21. The second-order valence-corrected chi connectivity index (χ2v) is 2.37. The van der Waals surface area contributed by atoms with Crippen LogP contribution in [0.1, 0.15) is 6.92 Å². The molecule has 0 fully saturated rings. The summed E-state index contributed by atoms with van der Waals surface area (Å²) in [5, 5.41) is 0.567. The molecule has 0 aliphatic carbocycles. The zero-order valence-corrected chi connectivity index (χ0v) is 6.03. The Labute approximate surface area is 57.3 Å². The van der Waals surface area contributed by atoms with Gasteiger partial charge in [-0.15, -0.1) is 0 Å². The van der Waals surface area contributed by atoms with Gasteiger partial charge in [0.15, 0.2) is 5.17 Å². The van der Waals surface area contributed by atoms with E-state index in [0.717, 1.165) is 0 Å². The number of nitrogens with zero attached hydrogens (tertiary/aromatic N) is 2. The van der Waals surface area contributed by atoms with E-state index in [2.05, 4.69) is 9.98 Å². The molecule has 0 spiro atoms. The van der Waals surface area contributed by atoms with Gasteiger partial charge in [-0.25, -0.2) is 4.99 Å². The Morgan fingerprint density at radius 3 is 2.33 bits per heavy atom. The smallest absolute Gasteiger partial charge is 0.265 e. The number of carbonyl (C=O) groups excluding carboxylic acids is 1. The molecule has 0 bridgehead atoms. The molecule has 0 saturated carbocycles. The lowest BCUT2D eigenvalue weighted by atomic mass is 10.4. The topological polar surface area (TPSA) is 41.8 Å². The van der Waals surface area contributed by atoms with Crippen LogP contribution in [0.5, 0.6) is 0 Å². The third-order valence-electron chi connectivity index (χ3n) is 0.953. The van der Waals surface area contributed by atoms with Crippen LogP contribution in [0.4, 0.5) is 0 Å². The number of amides is 1. The molecule has 0 aromatic rings. The molecule has 0 radical (unpaired) electrons. The van der Waals surface area contributed by atoms with E-state index in [0.29, 0.717) is 10.9 Å². The lowest BCUT2D eigenvalue weighted by Crippen LogP contribution is -1.99. The summed E-state index contributed by atoms with van der Waals surface area (Å²) < 4.78 is 0. The van der Waals surface area contributed by atoms with Crippen molar-refractivity contribution in [3.8, 4) is 0 Å². The zero-order chi connectivity index (χ0) is 6.85. The van der Waals surface area contributed by atoms with Crippen LogP contribution in [0.25, 0.3) is 0 Å². The maximum absolute atomic E-state index is 10.6. The Hall–Kier alpha value is -0.640. The lowest BCUT2D eigenvalue weighted by molar-refractivity contribution is -0.111. The van der Waals surface area contributed by atoms with Gasteiger partial charge in [-0.3, -0.25) is 4.79 Å². The first-order valence-electron chi connectivity index (χ1n) is 2.46. The van der Waals surface area contributed by atoms with Crippen molar-refractivity contribution in [2.24, 2.45) is 9.98 Å². The SMILES string of the molecule is CSC1=NC(=O)C(C)=N1. The quantitative estimate of drug-likeness (QED) is 0.499. The lowest BCUT2D eigenvalue weighted by Gasteiger charge is -1.80. The number of hydrogen-bond acceptors (Lipinski definition) is 3. The fourth-order valence-electron chi connectivity index (χ4n) is 0.475. The van der Waals surface area contributed by atoms with Crippen molar-refractivity contribution in [2.45, 2.75) is 6.92 Å². The highest BCUT2D eigenvalue weighted by Gasteiger charge is 2.13. The normalized spacial score (nSPS) is 17.8. The van der Waals surface area contributed by atoms with Gasteiger partial charge in [0.1, 0.15) is 5.71 Å². The molecule has 0 N–H and O–H groups in total. The van der Waals surface area contributed by atoms with Crippen LogP contribution in [0, 0.1) is 0 Å². The van der Waals surface area contributed by atoms with E-state index in [4.69, 9.17) is 0 Å². The van der Waals surface area contributed by atoms with E-state index in [-0.39, 0.29) is 5.91 Å². The highest BCUT2D eigenvalue weighted by Crippen LogP contribution is 2.06. The molecule has 9 heavy (non-hydrogen) atoms. The van der Waals surface area contributed by atoms with E-state index in [1.54, 1.807) is 6.92 Å². The molecular weight excluding hydrogens is 136 g/mol. The van der Waals surface area contributed by atoms with Crippen molar-refractivity contribution in [3.63, 3.8) is 0 Å². The molecule has 1 heterocycles. The van der Waals surface area contributed by atoms with Crippen LogP contribution in [0.3, 0.4) is 0 Å². The van der Waals surface area contributed by atoms with Crippen molar-refractivity contribution < 1.29 is 4.79 Å². The van der Waals surface area contributed by atoms with Gasteiger partial charge in [-0.05, 0) is 13.2 Å². The molecule has 48 valence electrons. The Balaban J connectivity index is 2.83. The number of aliphatic imine (C=N–C) groups is 2. The molecule has 1 aliphatic rings. The van der Waals surface area contributed by atoms with Crippen molar-refractivity contribution >= 4 is 28.5 Å². The summed E-state index contributed by atoms with van der Waals surface area (Å²) in [5.74, 6) is -0.209. The Kier molecular flexibility index (Phi) is 1.66. The fourth-order valence-corrected chi connectivity index (χ4v) is 0.878. The summed E-state index contributed by atoms with van der Waals surface area (Å²) in [6.07, 6.45) is 1.84. The highest BCUT2D eigenvalue weighted by atomic mass is 32.2. The Morgan fingerprint density at radius 1 is 1.44 bits per heavy atom. The predicted octanol–water partition coefficient (Wildman–Crippen LogP) is 0.707. The number of thioether (sulfide) groups is 1. The van der Waals surface area contributed by atoms with Gasteiger partial charge in [0.2, 0.25) is 0 Å². The third kappa shape index (κ3) is 1.18. The van der Waals surface area contributed by atoms with Crippen LogP contribution in [0.15, 0.2) is 9.98 Å². The van der Waals surface area contributed by atoms with Crippen LogP contribution in [-0.2, 0) is 4.79 Å². The van der Waals surface area contributed by atoms with E-state index < -0.39 is 0 Å². The van der Waals surface area contributed by atoms with E-state index in [9.17, 15) is 4.79 Å². The molecule has 0 unspecified atom stereocenters. The monoisotopic (exact) mass is 142 g/mol. The second-order valence-electron chi connectivity index (χ2n) is 1.60. The van der Waals surface area contributed by atoms with Crippen LogP contribution in [0.2, 0.25) is 0 Å². The molecule has 1 aliphatic heterocycles. The standard InChI is InChI=1S/C5H6N2OS/c1-3-4(8)7-5(6-3)9-2/h1-2H3. The van der Waals surface area contributed by atoms with Crippen LogP contribution < -0.4 is 0 Å². The molecule has 4 heteroatoms. The molecule has 0 aromatic carbocycles. The van der Waals surface area contributed by atoms with E-state index >= 15 is 0 Å². The van der Waals surface area contributed by atoms with Gasteiger partial charge >= 0.3 is 0 Å². The first-order chi connectivity index (χ1) is 4.24. The molecule has 1 amide bonds. The minimum atomic E-state index is -0.209. The number of amidine groups is 1. The van der Waals surface area contributed by atoms with Gasteiger partial charge in [0, 0.05) is 0 Å². The average Bonchev–Trinajstić information content (AvgIpc) is 2.13. The summed E-state index contributed by atoms with van der Waals surface area (Å²) >= 11 is 1.38. The summed E-state index contributed by atoms with van der Waals surface area (Å²) in [5.41, 5.74) is 0.486. The maximum atomic E-state index is 10.6.